The Kier molecular flexibility index (Phi) is 9.20. The molecule has 2 N–H and O–H groups in total. The number of esters is 1. The molecule has 3 fully saturated rings. The van der Waals surface area contributed by atoms with Crippen LogP contribution in [-0.4, -0.2) is 75.6 Å². The highest BCUT2D eigenvalue weighted by Crippen LogP contribution is 2.68. The monoisotopic (exact) mass is 774 g/mol. The Morgan fingerprint density at radius 1 is 1.22 bits per heavy atom. The summed E-state index contributed by atoms with van der Waals surface area (Å²) in [5.74, 6) is -6.30. The third-order valence-corrected chi connectivity index (χ3v) is 13.1. The number of hydrazine groups is 1. The van der Waals surface area contributed by atoms with E-state index in [9.17, 15) is 14.4 Å². The first-order chi connectivity index (χ1) is 26.1. The number of carbonyl (C=O) groups is 3. The fourth-order valence-electron chi connectivity index (χ4n) is 8.75. The number of hydrogen-bond donors (Lipinski definition) is 2. The number of carbonyl (C=O) groups excluding carboxylic acids is 3. The highest BCUT2D eigenvalue weighted by molar-refractivity contribution is 7.10. The maximum Gasteiger partial charge on any atom is 0.325 e. The van der Waals surface area contributed by atoms with Crippen LogP contribution in [0, 0.1) is 28.6 Å². The number of nitrogens with one attached hydrogen (secondary N) is 2. The number of benzene rings is 1. The van der Waals surface area contributed by atoms with Crippen LogP contribution in [0.3, 0.4) is 0 Å². The number of pyridine rings is 1. The van der Waals surface area contributed by atoms with Gasteiger partial charge in [0.05, 0.1) is 46.1 Å². The molecule has 8 rings (SSSR count). The van der Waals surface area contributed by atoms with Gasteiger partial charge in [-0.05, 0) is 62.4 Å². The molecule has 2 saturated carbocycles. The van der Waals surface area contributed by atoms with Crippen molar-refractivity contribution >= 4 is 40.0 Å². The summed E-state index contributed by atoms with van der Waals surface area (Å²) in [5.41, 5.74) is 6.88. The van der Waals surface area contributed by atoms with Crippen LogP contribution >= 0.6 is 11.3 Å². The minimum Gasteiger partial charge on any atom is -0.464 e. The number of aryl methyl sites for hydroxylation is 1. The van der Waals surface area contributed by atoms with Crippen molar-refractivity contribution in [3.8, 4) is 22.5 Å². The minimum atomic E-state index is -3.21. The average molecular weight is 775 g/mol. The summed E-state index contributed by atoms with van der Waals surface area (Å²) in [5, 5.41) is 7.55. The van der Waals surface area contributed by atoms with E-state index in [1.165, 1.54) is 18.3 Å². The second kappa shape index (κ2) is 13.4. The Morgan fingerprint density at radius 3 is 2.69 bits per heavy atom. The zero-order chi connectivity index (χ0) is 39.2. The molecule has 2 amide bonds. The predicted octanol–water partition coefficient (Wildman–Crippen LogP) is 6.35. The lowest BCUT2D eigenvalue weighted by Gasteiger charge is -2.37. The summed E-state index contributed by atoms with van der Waals surface area (Å²) in [6, 6.07) is 7.67. The van der Waals surface area contributed by atoms with Crippen LogP contribution in [0.4, 0.5) is 8.78 Å². The van der Waals surface area contributed by atoms with Gasteiger partial charge in [-0.15, -0.1) is 11.3 Å². The number of ether oxygens (including phenoxy) is 2. The largest absolute Gasteiger partial charge is 0.464 e. The van der Waals surface area contributed by atoms with Crippen LogP contribution in [0.5, 0.6) is 0 Å². The first-order valence-electron chi connectivity index (χ1n) is 19.1. The molecule has 1 aromatic carbocycles. The van der Waals surface area contributed by atoms with Gasteiger partial charge in [-0.1, -0.05) is 33.8 Å². The number of rotatable bonds is 6. The summed E-state index contributed by atoms with van der Waals surface area (Å²) < 4.78 is 45.2. The first-order valence-corrected chi connectivity index (χ1v) is 20.0. The molecular formula is C41H48F2N6O5S. The van der Waals surface area contributed by atoms with E-state index in [4.69, 9.17) is 19.4 Å². The van der Waals surface area contributed by atoms with Crippen molar-refractivity contribution in [3.05, 3.63) is 58.2 Å². The van der Waals surface area contributed by atoms with Crippen molar-refractivity contribution in [2.45, 2.75) is 91.5 Å². The minimum absolute atomic E-state index is 0.0552. The molecule has 3 aromatic heterocycles. The third-order valence-electron chi connectivity index (χ3n) is 12.3. The van der Waals surface area contributed by atoms with Gasteiger partial charge in [0, 0.05) is 71.6 Å². The molecule has 14 heteroatoms. The lowest BCUT2D eigenvalue weighted by atomic mass is 9.84. The Hall–Kier alpha value is -4.27. The van der Waals surface area contributed by atoms with Crippen LogP contribution in [0.25, 0.3) is 33.4 Å². The number of amides is 2. The average Bonchev–Trinajstić information content (AvgIpc) is 3.81. The van der Waals surface area contributed by atoms with Crippen LogP contribution in [-0.2, 0) is 43.2 Å². The van der Waals surface area contributed by atoms with E-state index < -0.39 is 46.6 Å². The van der Waals surface area contributed by atoms with Gasteiger partial charge in [-0.3, -0.25) is 24.4 Å². The molecule has 5 heterocycles. The summed E-state index contributed by atoms with van der Waals surface area (Å²) in [6.07, 6.45) is 2.71. The molecule has 55 heavy (non-hydrogen) atoms. The van der Waals surface area contributed by atoms with E-state index in [0.29, 0.717) is 24.4 Å². The number of halogens is 2. The summed E-state index contributed by atoms with van der Waals surface area (Å²) in [7, 11) is 1.66. The number of aromatic nitrogens is 3. The molecule has 2 aliphatic heterocycles. The second-order valence-electron chi connectivity index (χ2n) is 16.8. The maximum absolute atomic E-state index is 15.6. The van der Waals surface area contributed by atoms with Gasteiger partial charge < -0.3 is 19.4 Å². The highest BCUT2D eigenvalue weighted by atomic mass is 32.1. The number of thiazole rings is 1. The molecule has 0 radical (unpaired) electrons. The number of cyclic esters (lactones) is 1. The van der Waals surface area contributed by atoms with E-state index in [1.807, 2.05) is 45.2 Å². The molecule has 0 unspecified atom stereocenters. The smallest absolute Gasteiger partial charge is 0.325 e. The molecular weight excluding hydrogens is 727 g/mol. The molecule has 1 saturated heterocycles. The number of fused-ring (bicyclic) bond motifs is 8. The number of hydrogen-bond acceptors (Lipinski definition) is 9. The Labute approximate surface area is 323 Å². The molecule has 292 valence electrons. The van der Waals surface area contributed by atoms with E-state index >= 15 is 8.78 Å². The normalized spacial score (nSPS) is 28.9. The number of methoxy groups -OCH3 is 1. The first kappa shape index (κ1) is 37.6. The third kappa shape index (κ3) is 6.33. The molecule has 7 atom stereocenters. The molecule has 6 bridgehead atoms. The van der Waals surface area contributed by atoms with Gasteiger partial charge >= 0.3 is 5.97 Å². The van der Waals surface area contributed by atoms with Crippen molar-refractivity contribution in [2.75, 3.05) is 20.3 Å². The van der Waals surface area contributed by atoms with Gasteiger partial charge in [0.1, 0.15) is 12.1 Å². The molecule has 2 aliphatic carbocycles. The fourth-order valence-corrected chi connectivity index (χ4v) is 9.60. The standard InChI is InChI=1S/C41H48F2N6O5S/c1-8-48-30-12-11-23-15-26(30)27(34(48)24-10-9-13-44-32(24)22(3)53-7)17-39(4,5)20-54-38(52)33-35-40(6,41(35,42)43)19-49(47-33)37(51)28(16-31-45-29(23)18-55-31)46-36(50)25-14-21(25)2/h9-13,15,18,21-22,25,28,33,35,47H,8,14,16-17,19-20H2,1-7H3,(H,46,50)/t21-,22-,25-,28-,33-,35-,40+/m0/s1. The summed E-state index contributed by atoms with van der Waals surface area (Å²) >= 11 is 1.37. The Bertz CT molecular complexity index is 2200. The summed E-state index contributed by atoms with van der Waals surface area (Å²) in [6.45, 7) is 11.7. The van der Waals surface area contributed by atoms with Crippen LogP contribution in [0.2, 0.25) is 0 Å². The quantitative estimate of drug-likeness (QED) is 0.217. The van der Waals surface area contributed by atoms with Crippen LogP contribution in [0.1, 0.15) is 70.3 Å². The van der Waals surface area contributed by atoms with Crippen molar-refractivity contribution in [3.63, 3.8) is 0 Å². The zero-order valence-electron chi connectivity index (χ0n) is 32.2. The predicted molar refractivity (Wildman–Crippen MR) is 204 cm³/mol. The molecule has 4 aromatic rings. The van der Waals surface area contributed by atoms with E-state index in [0.717, 1.165) is 49.7 Å². The molecule has 11 nitrogen and oxygen atoms in total. The lowest BCUT2D eigenvalue weighted by Crippen LogP contribution is -2.62. The van der Waals surface area contributed by atoms with Crippen molar-refractivity contribution in [1.29, 1.82) is 0 Å². The topological polar surface area (TPSA) is 128 Å². The Balaban J connectivity index is 1.27. The highest BCUT2D eigenvalue weighted by Gasteiger charge is 2.83. The number of nitrogens with zero attached hydrogens (tertiary/aromatic N) is 4. The second-order valence-corrected chi connectivity index (χ2v) is 17.8. The Morgan fingerprint density at radius 2 is 1.98 bits per heavy atom. The molecule has 4 aliphatic rings. The van der Waals surface area contributed by atoms with Crippen molar-refractivity contribution < 1.29 is 32.6 Å². The van der Waals surface area contributed by atoms with Gasteiger partial charge in [0.2, 0.25) is 5.91 Å². The van der Waals surface area contributed by atoms with Gasteiger partial charge in [-0.25, -0.2) is 19.2 Å². The summed E-state index contributed by atoms with van der Waals surface area (Å²) in [4.78, 5) is 51.2. The van der Waals surface area contributed by atoms with Gasteiger partial charge in [-0.2, -0.15) is 0 Å². The fraction of sp³-hybridized carbons (Fsp3) is 0.537. The lowest BCUT2D eigenvalue weighted by molar-refractivity contribution is -0.157. The maximum atomic E-state index is 15.6. The molecule has 0 spiro atoms. The van der Waals surface area contributed by atoms with E-state index in [1.54, 1.807) is 13.3 Å². The SMILES string of the molecule is CCn1c(-c2cccnc2[C@H](C)OC)c2c3cc(ccc31)-c1csc(n1)C[C@H](NC(=O)[C@H]1C[C@@H]1C)C(=O)N1C[C@]3(C)[C@H]([C@H](N1)C(=O)OCC(C)(C)C2)C3(F)F. The van der Waals surface area contributed by atoms with Gasteiger partial charge in [0.15, 0.2) is 0 Å². The van der Waals surface area contributed by atoms with Crippen molar-refractivity contribution in [1.82, 2.24) is 30.3 Å². The van der Waals surface area contributed by atoms with E-state index in [-0.39, 0.29) is 43.4 Å². The van der Waals surface area contributed by atoms with Crippen molar-refractivity contribution in [2.24, 2.45) is 28.6 Å². The van der Waals surface area contributed by atoms with Gasteiger partial charge in [0.25, 0.3) is 11.8 Å². The van der Waals surface area contributed by atoms with Crippen LogP contribution < -0.4 is 10.7 Å². The van der Waals surface area contributed by atoms with Crippen LogP contribution in [0.15, 0.2) is 41.9 Å². The zero-order valence-corrected chi connectivity index (χ0v) is 33.1. The van der Waals surface area contributed by atoms with E-state index in [2.05, 4.69) is 40.4 Å². The number of alkyl halides is 2.